The lowest BCUT2D eigenvalue weighted by Crippen LogP contribution is -2.38. The summed E-state index contributed by atoms with van der Waals surface area (Å²) < 4.78 is 112. The van der Waals surface area contributed by atoms with Crippen molar-refractivity contribution in [1.82, 2.24) is 0 Å². The molecule has 1 aliphatic heterocycles. The fraction of sp³-hybridized carbons (Fsp3) is 0.594. The smallest absolute Gasteiger partial charge is 0.419 e. The van der Waals surface area contributed by atoms with Gasteiger partial charge in [0.05, 0.1) is 24.3 Å². The molecule has 45 heavy (non-hydrogen) atoms. The minimum Gasteiger partial charge on any atom is -0.493 e. The molecule has 1 aliphatic rings. The Balaban J connectivity index is 1.71. The number of aryl methyl sites for hydroxylation is 2. The van der Waals surface area contributed by atoms with Crippen molar-refractivity contribution < 1.29 is 44.9 Å². The lowest BCUT2D eigenvalue weighted by Gasteiger charge is -2.41. The van der Waals surface area contributed by atoms with Crippen molar-refractivity contribution >= 4 is 24.9 Å². The van der Waals surface area contributed by atoms with Gasteiger partial charge in [-0.25, -0.2) is 4.99 Å². The molecule has 5 nitrogen and oxygen atoms in total. The number of ether oxygens (including phenoxy) is 2. The number of aliphatic imine (C=N–C) groups is 1. The zero-order chi connectivity index (χ0) is 34.1. The summed E-state index contributed by atoms with van der Waals surface area (Å²) in [6, 6.07) is 6.85. The Morgan fingerprint density at radius 1 is 0.933 bits per heavy atom. The summed E-state index contributed by atoms with van der Waals surface area (Å²) in [5, 5.41) is -1.36. The summed E-state index contributed by atoms with van der Waals surface area (Å²) in [6.07, 6.45) is -8.25. The molecule has 1 unspecified atom stereocenters. The van der Waals surface area contributed by atoms with Gasteiger partial charge in [0.25, 0.3) is 0 Å². The Hall–Kier alpha value is -2.23. The molecule has 0 fully saturated rings. The predicted molar refractivity (Wildman–Crippen MR) is 165 cm³/mol. The highest BCUT2D eigenvalue weighted by Crippen LogP contribution is 2.68. The average molecular weight is 684 g/mol. The van der Waals surface area contributed by atoms with E-state index in [9.17, 15) is 30.9 Å². The molecule has 0 aromatic heterocycles. The molecule has 252 valence electrons. The number of nitrogens with zero attached hydrogens (tertiary/aromatic N) is 1. The highest BCUT2D eigenvalue weighted by molar-refractivity contribution is 7.62. The maximum atomic E-state index is 14.1. The Kier molecular flexibility index (Phi) is 11.2. The monoisotopic (exact) mass is 683 g/mol. The van der Waals surface area contributed by atoms with Gasteiger partial charge in [0, 0.05) is 22.3 Å². The second-order valence-corrected chi connectivity index (χ2v) is 17.8. The van der Waals surface area contributed by atoms with Crippen LogP contribution in [0.2, 0.25) is 5.02 Å². The highest BCUT2D eigenvalue weighted by Gasteiger charge is 2.50. The number of hydrogen-bond acceptors (Lipinski definition) is 5. The molecule has 0 radical (unpaired) electrons. The average Bonchev–Trinajstić information content (AvgIpc) is 3.28. The number of rotatable bonds is 11. The SMILES string of the molecule is CC1=NC(CCc2ccc(OCCCc3ccc(C(F)(F)F)cc3Cl)c(C(F)(F)F)c2)(COP(=O)(C(C)(C)C)C(C)(C)C)CO1. The molecule has 0 saturated carbocycles. The molecule has 0 saturated heterocycles. The molecule has 1 heterocycles. The van der Waals surface area contributed by atoms with E-state index in [0.717, 1.165) is 18.2 Å². The zero-order valence-electron chi connectivity index (χ0n) is 26.6. The molecule has 13 heteroatoms. The molecule has 0 aliphatic carbocycles. The molecule has 0 bridgehead atoms. The van der Waals surface area contributed by atoms with E-state index < -0.39 is 46.7 Å². The molecule has 0 spiro atoms. The van der Waals surface area contributed by atoms with Crippen molar-refractivity contribution in [2.24, 2.45) is 4.99 Å². The van der Waals surface area contributed by atoms with E-state index in [1.165, 1.54) is 12.1 Å². The van der Waals surface area contributed by atoms with Crippen molar-refractivity contribution in [2.75, 3.05) is 19.8 Å². The maximum absolute atomic E-state index is 14.1. The lowest BCUT2D eigenvalue weighted by molar-refractivity contribution is -0.139. The van der Waals surface area contributed by atoms with Crippen LogP contribution in [-0.2, 0) is 39.0 Å². The van der Waals surface area contributed by atoms with E-state index in [4.69, 9.17) is 25.6 Å². The second-order valence-electron chi connectivity index (χ2n) is 13.4. The molecule has 0 N–H and O–H groups in total. The predicted octanol–water partition coefficient (Wildman–Crippen LogP) is 10.4. The van der Waals surface area contributed by atoms with E-state index in [2.05, 4.69) is 4.99 Å². The van der Waals surface area contributed by atoms with Gasteiger partial charge in [0.15, 0.2) is 5.90 Å². The first-order chi connectivity index (χ1) is 20.5. The molecule has 2 aromatic rings. The first-order valence-corrected chi connectivity index (χ1v) is 16.6. The third kappa shape index (κ3) is 9.19. The standard InChI is InChI=1S/C32H41ClF6NO4P/c1-21-40-30(19-43-21,20-44-45(41,28(2,3)4)29(5,6)7)15-14-22-10-13-27(25(17-22)32(37,38)39)42-16-8-9-23-11-12-24(18-26(23)33)31(34,35)36/h10-13,17-18H,8-9,14-16,19-20H2,1-7H3. The van der Waals surface area contributed by atoms with Crippen LogP contribution in [0.25, 0.3) is 0 Å². The van der Waals surface area contributed by atoms with Crippen LogP contribution in [0, 0.1) is 0 Å². The fourth-order valence-corrected chi connectivity index (χ4v) is 8.83. The maximum Gasteiger partial charge on any atom is 0.419 e. The van der Waals surface area contributed by atoms with Gasteiger partial charge in [-0.2, -0.15) is 26.3 Å². The highest BCUT2D eigenvalue weighted by atomic mass is 35.5. The van der Waals surface area contributed by atoms with Crippen LogP contribution in [0.4, 0.5) is 26.3 Å². The van der Waals surface area contributed by atoms with Crippen LogP contribution in [-0.4, -0.2) is 41.6 Å². The number of benzene rings is 2. The molecule has 2 aromatic carbocycles. The van der Waals surface area contributed by atoms with Crippen LogP contribution in [0.15, 0.2) is 41.4 Å². The summed E-state index contributed by atoms with van der Waals surface area (Å²) >= 11 is 5.98. The topological polar surface area (TPSA) is 57.1 Å². The van der Waals surface area contributed by atoms with Crippen LogP contribution >= 0.6 is 19.0 Å². The normalized spacial score (nSPS) is 18.1. The fourth-order valence-electron chi connectivity index (χ4n) is 5.34. The van der Waals surface area contributed by atoms with Gasteiger partial charge in [-0.05, 0) is 61.1 Å². The Bertz CT molecular complexity index is 1410. The summed E-state index contributed by atoms with van der Waals surface area (Å²) in [5.74, 6) is 0.0782. The molecule has 3 rings (SSSR count). The molecule has 0 amide bonds. The molecular weight excluding hydrogens is 643 g/mol. The largest absolute Gasteiger partial charge is 0.493 e. The number of hydrogen-bond donors (Lipinski definition) is 0. The van der Waals surface area contributed by atoms with E-state index in [-0.39, 0.29) is 49.9 Å². The van der Waals surface area contributed by atoms with Gasteiger partial charge in [-0.15, -0.1) is 0 Å². The van der Waals surface area contributed by atoms with Crippen LogP contribution in [0.3, 0.4) is 0 Å². The lowest BCUT2D eigenvalue weighted by atomic mass is 9.93. The minimum absolute atomic E-state index is 0.00751. The Morgan fingerprint density at radius 3 is 2.09 bits per heavy atom. The van der Waals surface area contributed by atoms with Crippen molar-refractivity contribution in [3.05, 3.63) is 63.7 Å². The van der Waals surface area contributed by atoms with E-state index in [1.54, 1.807) is 13.0 Å². The van der Waals surface area contributed by atoms with Gasteiger partial charge in [0.2, 0.25) is 7.37 Å². The summed E-state index contributed by atoms with van der Waals surface area (Å²) in [6.45, 7) is 12.9. The van der Waals surface area contributed by atoms with Gasteiger partial charge in [-0.1, -0.05) is 65.3 Å². The Morgan fingerprint density at radius 2 is 1.58 bits per heavy atom. The van der Waals surface area contributed by atoms with E-state index in [0.29, 0.717) is 23.4 Å². The number of alkyl halides is 6. The molecule has 1 atom stereocenters. The quantitative estimate of drug-likeness (QED) is 0.134. The van der Waals surface area contributed by atoms with E-state index >= 15 is 0 Å². The zero-order valence-corrected chi connectivity index (χ0v) is 28.2. The first kappa shape index (κ1) is 37.2. The first-order valence-electron chi connectivity index (χ1n) is 14.6. The van der Waals surface area contributed by atoms with Crippen molar-refractivity contribution in [2.45, 2.75) is 102 Å². The van der Waals surface area contributed by atoms with Crippen LogP contribution in [0.5, 0.6) is 5.75 Å². The van der Waals surface area contributed by atoms with Crippen LogP contribution < -0.4 is 4.74 Å². The third-order valence-corrected chi connectivity index (χ3v) is 12.1. The summed E-state index contributed by atoms with van der Waals surface area (Å²) in [4.78, 5) is 4.63. The third-order valence-electron chi connectivity index (χ3n) is 7.68. The minimum atomic E-state index is -4.69. The number of halogens is 7. The second kappa shape index (κ2) is 13.5. The van der Waals surface area contributed by atoms with Crippen molar-refractivity contribution in [3.63, 3.8) is 0 Å². The van der Waals surface area contributed by atoms with Crippen LogP contribution in [0.1, 0.15) is 83.6 Å². The van der Waals surface area contributed by atoms with E-state index in [1.807, 2.05) is 41.5 Å². The van der Waals surface area contributed by atoms with Gasteiger partial charge in [-0.3, -0.25) is 4.57 Å². The van der Waals surface area contributed by atoms with Crippen molar-refractivity contribution in [3.8, 4) is 5.75 Å². The molecular formula is C32H41ClF6NO4P. The van der Waals surface area contributed by atoms with Gasteiger partial charge in [0.1, 0.15) is 17.9 Å². The summed E-state index contributed by atoms with van der Waals surface area (Å²) in [5.41, 5.74) is -1.89. The van der Waals surface area contributed by atoms with Gasteiger partial charge < -0.3 is 14.0 Å². The van der Waals surface area contributed by atoms with Crippen molar-refractivity contribution in [1.29, 1.82) is 0 Å². The van der Waals surface area contributed by atoms with Gasteiger partial charge >= 0.3 is 12.4 Å². The Labute approximate surface area is 266 Å². The summed E-state index contributed by atoms with van der Waals surface area (Å²) in [7, 11) is -3.22.